The molecule has 2 aromatic heterocycles. The number of fused-ring (bicyclic) bond motifs is 1. The van der Waals surface area contributed by atoms with Crippen LogP contribution in [0.4, 0.5) is 0 Å². The average Bonchev–Trinajstić information content (AvgIpc) is 3.13. The highest BCUT2D eigenvalue weighted by Gasteiger charge is 2.33. The van der Waals surface area contributed by atoms with Crippen LogP contribution in [-0.4, -0.2) is 37.7 Å². The first-order valence-electron chi connectivity index (χ1n) is 8.85. The van der Waals surface area contributed by atoms with E-state index in [0.717, 1.165) is 22.9 Å². The number of aromatic nitrogens is 3. The summed E-state index contributed by atoms with van der Waals surface area (Å²) in [5, 5.41) is 14.9. The molecule has 0 radical (unpaired) electrons. The molecule has 1 N–H and O–H groups in total. The SMILES string of the molecule is Cc1ccc([C@H](c2sc3ncnn3c2O)N2C[C@H](C)C[C@H](C)C2)cc1. The molecule has 25 heavy (non-hydrogen) atoms. The number of rotatable bonds is 3. The van der Waals surface area contributed by atoms with Crippen LogP contribution >= 0.6 is 11.3 Å². The molecule has 0 amide bonds. The molecule has 5 nitrogen and oxygen atoms in total. The summed E-state index contributed by atoms with van der Waals surface area (Å²) in [6.45, 7) is 8.81. The summed E-state index contributed by atoms with van der Waals surface area (Å²) in [6, 6.07) is 8.69. The zero-order valence-corrected chi connectivity index (χ0v) is 15.7. The molecule has 0 bridgehead atoms. The fourth-order valence-corrected chi connectivity index (χ4v) is 5.16. The van der Waals surface area contributed by atoms with Gasteiger partial charge in [-0.05, 0) is 30.7 Å². The van der Waals surface area contributed by atoms with E-state index in [9.17, 15) is 5.11 Å². The van der Waals surface area contributed by atoms with Gasteiger partial charge in [-0.3, -0.25) is 4.90 Å². The van der Waals surface area contributed by atoms with Gasteiger partial charge < -0.3 is 5.11 Å². The lowest BCUT2D eigenvalue weighted by Crippen LogP contribution is -2.41. The number of likely N-dealkylation sites (tertiary alicyclic amines) is 1. The second kappa shape index (κ2) is 6.42. The maximum absolute atomic E-state index is 10.8. The van der Waals surface area contributed by atoms with Crippen molar-refractivity contribution in [3.05, 3.63) is 46.6 Å². The molecule has 3 aromatic rings. The van der Waals surface area contributed by atoms with Gasteiger partial charge in [-0.15, -0.1) is 0 Å². The van der Waals surface area contributed by atoms with Crippen molar-refractivity contribution in [2.24, 2.45) is 11.8 Å². The molecule has 0 unspecified atom stereocenters. The zero-order chi connectivity index (χ0) is 17.6. The lowest BCUT2D eigenvalue weighted by atomic mass is 9.89. The lowest BCUT2D eigenvalue weighted by Gasteiger charge is -2.40. The Morgan fingerprint density at radius 1 is 1.16 bits per heavy atom. The normalized spacial score (nSPS) is 23.2. The van der Waals surface area contributed by atoms with Crippen LogP contribution in [0.5, 0.6) is 5.88 Å². The monoisotopic (exact) mass is 356 g/mol. The van der Waals surface area contributed by atoms with Gasteiger partial charge in [0.2, 0.25) is 10.8 Å². The standard InChI is InChI=1S/C19H24N4OS/c1-12-4-6-15(7-5-12)16(22-9-13(2)8-14(3)10-22)17-18(24)23-19(25-17)20-11-21-23/h4-7,11,13-14,16,24H,8-10H2,1-3H3/t13-,14+,16-/m1/s1. The molecule has 3 atom stereocenters. The van der Waals surface area contributed by atoms with E-state index < -0.39 is 0 Å². The maximum Gasteiger partial charge on any atom is 0.230 e. The maximum atomic E-state index is 10.8. The molecule has 0 spiro atoms. The third-order valence-corrected chi connectivity index (χ3v) is 6.13. The number of aryl methyl sites for hydroxylation is 1. The van der Waals surface area contributed by atoms with Crippen LogP contribution < -0.4 is 0 Å². The minimum atomic E-state index is 0.0410. The Morgan fingerprint density at radius 3 is 2.48 bits per heavy atom. The summed E-state index contributed by atoms with van der Waals surface area (Å²) in [5.41, 5.74) is 2.46. The molecule has 0 saturated carbocycles. The Morgan fingerprint density at radius 2 is 1.84 bits per heavy atom. The van der Waals surface area contributed by atoms with E-state index >= 15 is 0 Å². The highest BCUT2D eigenvalue weighted by atomic mass is 32.1. The molecule has 6 heteroatoms. The smallest absolute Gasteiger partial charge is 0.230 e. The Kier molecular flexibility index (Phi) is 4.25. The van der Waals surface area contributed by atoms with E-state index in [-0.39, 0.29) is 11.9 Å². The quantitative estimate of drug-likeness (QED) is 0.774. The Labute approximate surface area is 151 Å². The van der Waals surface area contributed by atoms with Crippen molar-refractivity contribution in [1.29, 1.82) is 0 Å². The molecule has 1 aliphatic rings. The summed E-state index contributed by atoms with van der Waals surface area (Å²) in [6.07, 6.45) is 2.75. The van der Waals surface area contributed by atoms with Crippen molar-refractivity contribution in [3.8, 4) is 5.88 Å². The van der Waals surface area contributed by atoms with E-state index in [2.05, 4.69) is 60.0 Å². The molecular formula is C19H24N4OS. The number of thiazole rings is 1. The fraction of sp³-hybridized carbons (Fsp3) is 0.474. The van der Waals surface area contributed by atoms with Crippen LogP contribution in [0.1, 0.15) is 42.3 Å². The average molecular weight is 356 g/mol. The van der Waals surface area contributed by atoms with Crippen molar-refractivity contribution in [3.63, 3.8) is 0 Å². The van der Waals surface area contributed by atoms with Gasteiger partial charge in [0, 0.05) is 13.1 Å². The number of hydrogen-bond acceptors (Lipinski definition) is 5. The van der Waals surface area contributed by atoms with Crippen LogP contribution in [0.3, 0.4) is 0 Å². The molecule has 4 rings (SSSR count). The number of piperidine rings is 1. The summed E-state index contributed by atoms with van der Waals surface area (Å²) < 4.78 is 1.54. The minimum Gasteiger partial charge on any atom is -0.492 e. The summed E-state index contributed by atoms with van der Waals surface area (Å²) in [5.74, 6) is 1.52. The largest absolute Gasteiger partial charge is 0.492 e. The number of benzene rings is 1. The van der Waals surface area contributed by atoms with Crippen molar-refractivity contribution in [1.82, 2.24) is 19.5 Å². The van der Waals surface area contributed by atoms with Gasteiger partial charge in [-0.25, -0.2) is 4.98 Å². The molecule has 3 heterocycles. The van der Waals surface area contributed by atoms with E-state index in [1.165, 1.54) is 39.7 Å². The zero-order valence-electron chi connectivity index (χ0n) is 14.9. The van der Waals surface area contributed by atoms with Crippen LogP contribution in [0, 0.1) is 18.8 Å². The minimum absolute atomic E-state index is 0.0410. The summed E-state index contributed by atoms with van der Waals surface area (Å²) >= 11 is 1.53. The molecule has 1 saturated heterocycles. The van der Waals surface area contributed by atoms with E-state index in [1.807, 2.05) is 0 Å². The first kappa shape index (κ1) is 16.5. The van der Waals surface area contributed by atoms with Crippen LogP contribution in [0.15, 0.2) is 30.6 Å². The highest BCUT2D eigenvalue weighted by Crippen LogP contribution is 2.41. The second-order valence-corrected chi connectivity index (χ2v) is 8.47. The Hall–Kier alpha value is -1.92. The van der Waals surface area contributed by atoms with Crippen molar-refractivity contribution >= 4 is 16.3 Å². The Bertz CT molecular complexity index is 859. The molecule has 1 aliphatic heterocycles. The molecular weight excluding hydrogens is 332 g/mol. The van der Waals surface area contributed by atoms with Crippen molar-refractivity contribution in [2.45, 2.75) is 33.2 Å². The first-order valence-corrected chi connectivity index (χ1v) is 9.66. The third kappa shape index (κ3) is 3.04. The number of hydrogen-bond donors (Lipinski definition) is 1. The highest BCUT2D eigenvalue weighted by molar-refractivity contribution is 7.17. The van der Waals surface area contributed by atoms with Crippen molar-refractivity contribution < 1.29 is 5.11 Å². The predicted molar refractivity (Wildman–Crippen MR) is 100 cm³/mol. The van der Waals surface area contributed by atoms with Gasteiger partial charge in [0.25, 0.3) is 0 Å². The van der Waals surface area contributed by atoms with Crippen LogP contribution in [0.25, 0.3) is 4.96 Å². The molecule has 1 aromatic carbocycles. The topological polar surface area (TPSA) is 53.7 Å². The summed E-state index contributed by atoms with van der Waals surface area (Å²) in [4.78, 5) is 8.44. The van der Waals surface area contributed by atoms with Gasteiger partial charge in [0.15, 0.2) is 0 Å². The van der Waals surface area contributed by atoms with Crippen LogP contribution in [0.2, 0.25) is 0 Å². The molecule has 1 fully saturated rings. The van der Waals surface area contributed by atoms with Gasteiger partial charge in [0.1, 0.15) is 6.33 Å². The fourth-order valence-electron chi connectivity index (χ4n) is 4.07. The van der Waals surface area contributed by atoms with Gasteiger partial charge in [0.05, 0.1) is 10.9 Å². The van der Waals surface area contributed by atoms with Gasteiger partial charge >= 0.3 is 0 Å². The van der Waals surface area contributed by atoms with E-state index in [0.29, 0.717) is 11.8 Å². The second-order valence-electron chi connectivity index (χ2n) is 7.46. The predicted octanol–water partition coefficient (Wildman–Crippen LogP) is 3.87. The van der Waals surface area contributed by atoms with Gasteiger partial charge in [-0.2, -0.15) is 9.61 Å². The number of aromatic hydroxyl groups is 1. The number of nitrogens with zero attached hydrogens (tertiary/aromatic N) is 4. The van der Waals surface area contributed by atoms with Crippen molar-refractivity contribution in [2.75, 3.05) is 13.1 Å². The first-order chi connectivity index (χ1) is 12.0. The summed E-state index contributed by atoms with van der Waals surface area (Å²) in [7, 11) is 0. The van der Waals surface area contributed by atoms with Gasteiger partial charge in [-0.1, -0.05) is 55.0 Å². The molecule has 0 aliphatic carbocycles. The third-order valence-electron chi connectivity index (χ3n) is 5.04. The molecule has 132 valence electrons. The van der Waals surface area contributed by atoms with Crippen LogP contribution in [-0.2, 0) is 0 Å². The van der Waals surface area contributed by atoms with E-state index in [1.54, 1.807) is 0 Å². The Balaban J connectivity index is 1.81. The lowest BCUT2D eigenvalue weighted by molar-refractivity contribution is 0.112. The van der Waals surface area contributed by atoms with E-state index in [4.69, 9.17) is 0 Å².